The van der Waals surface area contributed by atoms with Gasteiger partial charge in [0, 0.05) is 33.1 Å². The van der Waals surface area contributed by atoms with Gasteiger partial charge in [-0.1, -0.05) is 30.3 Å². The molecule has 1 saturated heterocycles. The molecule has 226 valence electrons. The zero-order chi connectivity index (χ0) is 30.5. The van der Waals surface area contributed by atoms with Crippen LogP contribution in [-0.4, -0.2) is 39.6 Å². The first-order valence-electron chi connectivity index (χ1n) is 13.9. The summed E-state index contributed by atoms with van der Waals surface area (Å²) in [5, 5.41) is 0. The van der Waals surface area contributed by atoms with Gasteiger partial charge in [0.1, 0.15) is 17.6 Å². The van der Waals surface area contributed by atoms with E-state index in [4.69, 9.17) is 14.2 Å². The fraction of sp³-hybridized carbons (Fsp3) is 0.355. The summed E-state index contributed by atoms with van der Waals surface area (Å²) in [5.74, 6) is -0.761. The molecular weight excluding hydrogens is 568 g/mol. The summed E-state index contributed by atoms with van der Waals surface area (Å²) in [6.45, 7) is 5.70. The highest BCUT2D eigenvalue weighted by molar-refractivity contribution is 5.81. The van der Waals surface area contributed by atoms with Crippen molar-refractivity contribution in [1.29, 1.82) is 0 Å². The Labute approximate surface area is 244 Å². The number of rotatable bonds is 7. The van der Waals surface area contributed by atoms with Gasteiger partial charge >= 0.3 is 11.9 Å². The van der Waals surface area contributed by atoms with Crippen molar-refractivity contribution < 1.29 is 31.8 Å². The topological polar surface area (TPSA) is 70.8 Å². The second-order valence-corrected chi connectivity index (χ2v) is 11.2. The van der Waals surface area contributed by atoms with Crippen LogP contribution in [0, 0.1) is 12.7 Å². The number of benzene rings is 2. The quantitative estimate of drug-likeness (QED) is 0.237. The maximum atomic E-state index is 14.8. The third-order valence-corrected chi connectivity index (χ3v) is 7.72. The summed E-state index contributed by atoms with van der Waals surface area (Å²) in [6, 6.07) is 11.3. The van der Waals surface area contributed by atoms with Gasteiger partial charge in [-0.05, 0) is 42.7 Å². The van der Waals surface area contributed by atoms with Crippen LogP contribution in [0.25, 0.3) is 11.0 Å². The zero-order valence-corrected chi connectivity index (χ0v) is 23.8. The van der Waals surface area contributed by atoms with E-state index in [-0.39, 0.29) is 42.0 Å². The van der Waals surface area contributed by atoms with Crippen molar-refractivity contribution in [3.8, 4) is 5.88 Å². The highest BCUT2D eigenvalue weighted by atomic mass is 19.4. The molecule has 6 rings (SSSR count). The Bertz CT molecular complexity index is 1760. The minimum Gasteiger partial charge on any atom is -0.468 e. The Kier molecular flexibility index (Phi) is 7.10. The van der Waals surface area contributed by atoms with Gasteiger partial charge in [-0.3, -0.25) is 9.13 Å². The average molecular weight is 599 g/mol. The van der Waals surface area contributed by atoms with Gasteiger partial charge in [-0.15, -0.1) is 0 Å². The van der Waals surface area contributed by atoms with E-state index < -0.39 is 23.2 Å². The molecular formula is C31H30F4N4O4. The highest BCUT2D eigenvalue weighted by Gasteiger charge is 2.35. The average Bonchev–Trinajstić information content (AvgIpc) is 3.63. The summed E-state index contributed by atoms with van der Waals surface area (Å²) in [4.78, 5) is 20.4. The number of aromatic nitrogens is 3. The van der Waals surface area contributed by atoms with Crippen LogP contribution in [0.15, 0.2) is 71.5 Å². The number of para-hydroxylation sites is 1. The highest BCUT2D eigenvalue weighted by Crippen LogP contribution is 2.36. The van der Waals surface area contributed by atoms with Crippen LogP contribution in [0.1, 0.15) is 43.0 Å². The summed E-state index contributed by atoms with van der Waals surface area (Å²) in [6.07, 6.45) is -1.17. The maximum absolute atomic E-state index is 14.8. The number of pyridine rings is 1. The monoisotopic (exact) mass is 598 g/mol. The number of hydrogen-bond donors (Lipinski definition) is 0. The Morgan fingerprint density at radius 2 is 1.91 bits per heavy atom. The van der Waals surface area contributed by atoms with Crippen molar-refractivity contribution in [2.24, 2.45) is 0 Å². The number of imidazole rings is 1. The van der Waals surface area contributed by atoms with Crippen LogP contribution in [-0.2, 0) is 22.2 Å². The molecule has 0 spiro atoms. The molecule has 0 unspecified atom stereocenters. The SMILES string of the molecule is Cc1cccc(F)c1N1CC[C@@H](n2c(=O)n(Cc3ccccc3C(F)(F)F)c3c(OCC4=COC(C)(C)O4)nccc32)C1. The zero-order valence-electron chi connectivity index (χ0n) is 23.8. The van der Waals surface area contributed by atoms with Crippen molar-refractivity contribution >= 4 is 16.7 Å². The van der Waals surface area contributed by atoms with Gasteiger partial charge < -0.3 is 19.1 Å². The molecule has 2 aliphatic rings. The number of fused-ring (bicyclic) bond motifs is 1. The van der Waals surface area contributed by atoms with Crippen LogP contribution in [0.4, 0.5) is 23.2 Å². The number of hydrogen-bond acceptors (Lipinski definition) is 6. The van der Waals surface area contributed by atoms with E-state index in [1.807, 2.05) is 17.9 Å². The molecule has 4 aromatic rings. The Morgan fingerprint density at radius 1 is 1.12 bits per heavy atom. The number of nitrogens with zero attached hydrogens (tertiary/aromatic N) is 4. The van der Waals surface area contributed by atoms with E-state index in [2.05, 4.69) is 4.98 Å². The van der Waals surface area contributed by atoms with E-state index in [1.54, 1.807) is 30.5 Å². The number of aryl methyl sites for hydroxylation is 1. The summed E-state index contributed by atoms with van der Waals surface area (Å²) in [5.41, 5.74) is 0.537. The van der Waals surface area contributed by atoms with Crippen LogP contribution in [0.2, 0.25) is 0 Å². The smallest absolute Gasteiger partial charge is 0.416 e. The Hall–Kier alpha value is -4.48. The molecule has 2 aromatic carbocycles. The second-order valence-electron chi connectivity index (χ2n) is 11.2. The second kappa shape index (κ2) is 10.7. The predicted octanol–water partition coefficient (Wildman–Crippen LogP) is 6.17. The van der Waals surface area contributed by atoms with E-state index in [9.17, 15) is 22.4 Å². The van der Waals surface area contributed by atoms with Crippen LogP contribution in [0.5, 0.6) is 5.88 Å². The third-order valence-electron chi connectivity index (χ3n) is 7.72. The molecule has 0 aliphatic carbocycles. The van der Waals surface area contributed by atoms with E-state index >= 15 is 0 Å². The molecule has 0 saturated carbocycles. The summed E-state index contributed by atoms with van der Waals surface area (Å²) >= 11 is 0. The van der Waals surface area contributed by atoms with E-state index in [0.29, 0.717) is 36.5 Å². The van der Waals surface area contributed by atoms with Gasteiger partial charge in [0.2, 0.25) is 11.7 Å². The molecule has 0 N–H and O–H groups in total. The molecule has 43 heavy (non-hydrogen) atoms. The fourth-order valence-electron chi connectivity index (χ4n) is 5.87. The van der Waals surface area contributed by atoms with Gasteiger partial charge in [-0.25, -0.2) is 14.2 Å². The van der Waals surface area contributed by atoms with Crippen molar-refractivity contribution in [1.82, 2.24) is 14.1 Å². The molecule has 0 radical (unpaired) electrons. The molecule has 1 fully saturated rings. The lowest BCUT2D eigenvalue weighted by molar-refractivity contribution is -0.138. The Balaban J connectivity index is 1.43. The molecule has 4 heterocycles. The van der Waals surface area contributed by atoms with E-state index in [1.165, 1.54) is 41.3 Å². The van der Waals surface area contributed by atoms with Crippen molar-refractivity contribution in [2.75, 3.05) is 24.6 Å². The number of ether oxygens (including phenoxy) is 3. The van der Waals surface area contributed by atoms with Gasteiger partial charge in [0.15, 0.2) is 12.4 Å². The number of halogens is 4. The largest absolute Gasteiger partial charge is 0.468 e. The predicted molar refractivity (Wildman–Crippen MR) is 151 cm³/mol. The molecule has 8 nitrogen and oxygen atoms in total. The van der Waals surface area contributed by atoms with Crippen LogP contribution >= 0.6 is 0 Å². The van der Waals surface area contributed by atoms with Crippen molar-refractivity contribution in [2.45, 2.75) is 51.7 Å². The van der Waals surface area contributed by atoms with Gasteiger partial charge in [0.05, 0.1) is 29.4 Å². The van der Waals surface area contributed by atoms with E-state index in [0.717, 1.165) is 11.6 Å². The first kappa shape index (κ1) is 28.6. The summed E-state index contributed by atoms with van der Waals surface area (Å²) in [7, 11) is 0. The van der Waals surface area contributed by atoms with Gasteiger partial charge in [0.25, 0.3) is 0 Å². The number of alkyl halides is 3. The minimum atomic E-state index is -4.61. The maximum Gasteiger partial charge on any atom is 0.416 e. The van der Waals surface area contributed by atoms with Crippen LogP contribution < -0.4 is 15.3 Å². The minimum absolute atomic E-state index is 0.0619. The fourth-order valence-corrected chi connectivity index (χ4v) is 5.87. The lowest BCUT2D eigenvalue weighted by Crippen LogP contribution is -2.30. The Morgan fingerprint density at radius 3 is 2.63 bits per heavy atom. The van der Waals surface area contributed by atoms with Crippen molar-refractivity contribution in [3.63, 3.8) is 0 Å². The molecule has 1 atom stereocenters. The summed E-state index contributed by atoms with van der Waals surface area (Å²) < 4.78 is 76.5. The molecule has 2 aromatic heterocycles. The van der Waals surface area contributed by atoms with Crippen LogP contribution in [0.3, 0.4) is 0 Å². The standard InChI is InChI=1S/C31H30F4N4O4/c1-19-7-6-10-24(32)26(19)37-14-12-21(16-37)39-25-11-13-36-28(41-17-22-18-42-30(2,3)43-22)27(25)38(29(39)40)15-20-8-4-5-9-23(20)31(33,34)35/h4-11,13,18,21H,12,14-17H2,1-3H3/t21-/m1/s1. The van der Waals surface area contributed by atoms with Gasteiger partial charge in [-0.2, -0.15) is 13.2 Å². The lowest BCUT2D eigenvalue weighted by atomic mass is 10.1. The molecule has 0 bridgehead atoms. The first-order valence-corrected chi connectivity index (χ1v) is 13.9. The lowest BCUT2D eigenvalue weighted by Gasteiger charge is -2.21. The molecule has 0 amide bonds. The normalized spacial score (nSPS) is 18.1. The van der Waals surface area contributed by atoms with Crippen molar-refractivity contribution in [3.05, 3.63) is 99.7 Å². The first-order chi connectivity index (χ1) is 20.4. The molecule has 2 aliphatic heterocycles. The molecule has 12 heteroatoms. The third kappa shape index (κ3) is 5.41. The number of anilines is 1.